The molecule has 1 aromatic carbocycles. The number of pyridine rings is 1. The predicted octanol–water partition coefficient (Wildman–Crippen LogP) is 3.62. The van der Waals surface area contributed by atoms with Crippen molar-refractivity contribution in [3.05, 3.63) is 76.8 Å². The number of alkyl halides is 3. The average molecular weight is 516 g/mol. The summed E-state index contributed by atoms with van der Waals surface area (Å²) in [5.74, 6) is -1.31. The molecule has 0 radical (unpaired) electrons. The van der Waals surface area contributed by atoms with Crippen LogP contribution in [-0.4, -0.2) is 51.8 Å². The van der Waals surface area contributed by atoms with Crippen molar-refractivity contribution in [1.82, 2.24) is 25.4 Å². The van der Waals surface area contributed by atoms with Crippen LogP contribution in [0.5, 0.6) is 0 Å². The summed E-state index contributed by atoms with van der Waals surface area (Å²) in [7, 11) is 0. The zero-order valence-electron chi connectivity index (χ0n) is 20.7. The van der Waals surface area contributed by atoms with Crippen molar-refractivity contribution in [3.63, 3.8) is 0 Å². The molecule has 2 aliphatic rings. The van der Waals surface area contributed by atoms with E-state index in [-0.39, 0.29) is 36.7 Å². The van der Waals surface area contributed by atoms with Gasteiger partial charge in [-0.25, -0.2) is 4.79 Å². The second-order valence-corrected chi connectivity index (χ2v) is 9.23. The van der Waals surface area contributed by atoms with Crippen LogP contribution >= 0.6 is 0 Å². The number of nitrogens with one attached hydrogen (secondary N) is 2. The van der Waals surface area contributed by atoms with Crippen LogP contribution in [0.4, 0.5) is 18.0 Å². The van der Waals surface area contributed by atoms with Crippen LogP contribution in [0.3, 0.4) is 0 Å². The van der Waals surface area contributed by atoms with Crippen LogP contribution < -0.4 is 10.6 Å². The van der Waals surface area contributed by atoms with Gasteiger partial charge in [0, 0.05) is 12.7 Å². The minimum atomic E-state index is -4.68. The Balaban J connectivity index is 1.69. The number of benzene rings is 1. The minimum Gasteiger partial charge on any atom is -0.349 e. The van der Waals surface area contributed by atoms with Gasteiger partial charge in [0.2, 0.25) is 5.91 Å². The molecule has 0 saturated carbocycles. The number of nitrogens with zero attached hydrogens (tertiary/aromatic N) is 3. The summed E-state index contributed by atoms with van der Waals surface area (Å²) in [6.07, 6.45) is -3.08. The molecule has 0 aliphatic carbocycles. The van der Waals surface area contributed by atoms with Crippen molar-refractivity contribution in [2.24, 2.45) is 5.92 Å². The number of carbonyl (C=O) groups excluding carboxylic acids is 3. The van der Waals surface area contributed by atoms with Crippen molar-refractivity contribution in [3.8, 4) is 0 Å². The summed E-state index contributed by atoms with van der Waals surface area (Å²) < 4.78 is 41.5. The first-order valence-corrected chi connectivity index (χ1v) is 12.0. The van der Waals surface area contributed by atoms with E-state index in [1.807, 2.05) is 0 Å². The second-order valence-electron chi connectivity index (χ2n) is 9.23. The molecule has 196 valence electrons. The SMILES string of the molecule is CCN1C(=O)N[C@H](c2ccccc2C(F)(F)F)C2=C1CN([C@@H](C(=O)NCc1ccccn1)C(C)C)C2=O. The summed E-state index contributed by atoms with van der Waals surface area (Å²) in [5, 5.41) is 5.39. The van der Waals surface area contributed by atoms with E-state index in [2.05, 4.69) is 15.6 Å². The van der Waals surface area contributed by atoms with Gasteiger partial charge in [-0.1, -0.05) is 38.1 Å². The molecule has 8 nitrogen and oxygen atoms in total. The molecule has 4 amide bonds. The lowest BCUT2D eigenvalue weighted by Crippen LogP contribution is -2.51. The lowest BCUT2D eigenvalue weighted by molar-refractivity contribution is -0.139. The highest BCUT2D eigenvalue weighted by Gasteiger charge is 2.49. The number of hydrogen-bond acceptors (Lipinski definition) is 4. The van der Waals surface area contributed by atoms with Crippen molar-refractivity contribution in [2.75, 3.05) is 13.1 Å². The molecule has 3 heterocycles. The fourth-order valence-electron chi connectivity index (χ4n) is 4.90. The van der Waals surface area contributed by atoms with Crippen LogP contribution in [-0.2, 0) is 22.3 Å². The normalized spacial score (nSPS) is 18.7. The molecule has 2 aliphatic heterocycles. The number of likely N-dealkylation sites (N-methyl/N-ethyl adjacent to an activating group) is 1. The highest BCUT2D eigenvalue weighted by atomic mass is 19.4. The molecule has 2 atom stereocenters. The number of halogens is 3. The quantitative estimate of drug-likeness (QED) is 0.589. The van der Waals surface area contributed by atoms with Gasteiger partial charge in [0.25, 0.3) is 5.91 Å². The zero-order chi connectivity index (χ0) is 26.9. The Morgan fingerprint density at radius 1 is 1.16 bits per heavy atom. The van der Waals surface area contributed by atoms with Crippen LogP contribution in [0.2, 0.25) is 0 Å². The molecule has 2 aromatic rings. The highest BCUT2D eigenvalue weighted by Crippen LogP contribution is 2.42. The molecular weight excluding hydrogens is 487 g/mol. The van der Waals surface area contributed by atoms with E-state index in [1.165, 1.54) is 28.0 Å². The third-order valence-corrected chi connectivity index (χ3v) is 6.55. The molecular formula is C26H28F3N5O3. The van der Waals surface area contributed by atoms with Gasteiger partial charge in [-0.05, 0) is 36.6 Å². The Labute approximate surface area is 212 Å². The standard InChI is InChI=1S/C26H28F3N5O3/c1-4-33-19-14-34(22(15(2)3)23(35)31-13-16-9-7-8-12-30-16)24(36)20(19)21(32-25(33)37)17-10-5-6-11-18(17)26(27,28)29/h5-12,15,21-22H,4,13-14H2,1-3H3,(H,31,35)(H,32,37)/t21-,22-/m1/s1. The maximum absolute atomic E-state index is 13.8. The number of urea groups is 1. The number of aromatic nitrogens is 1. The molecule has 2 N–H and O–H groups in total. The van der Waals surface area contributed by atoms with E-state index in [1.54, 1.807) is 45.2 Å². The van der Waals surface area contributed by atoms with Crippen molar-refractivity contribution in [2.45, 2.75) is 45.6 Å². The summed E-state index contributed by atoms with van der Waals surface area (Å²) in [5.41, 5.74) is -0.165. The van der Waals surface area contributed by atoms with E-state index in [0.717, 1.165) is 6.07 Å². The lowest BCUT2D eigenvalue weighted by Gasteiger charge is -2.33. The maximum Gasteiger partial charge on any atom is 0.416 e. The lowest BCUT2D eigenvalue weighted by atomic mass is 9.91. The third-order valence-electron chi connectivity index (χ3n) is 6.55. The van der Waals surface area contributed by atoms with Gasteiger partial charge in [-0.2, -0.15) is 13.2 Å². The van der Waals surface area contributed by atoms with E-state index in [0.29, 0.717) is 11.4 Å². The van der Waals surface area contributed by atoms with E-state index < -0.39 is 41.7 Å². The molecule has 37 heavy (non-hydrogen) atoms. The van der Waals surface area contributed by atoms with Crippen LogP contribution in [0.1, 0.15) is 43.6 Å². The van der Waals surface area contributed by atoms with Crippen LogP contribution in [0, 0.1) is 5.92 Å². The first-order chi connectivity index (χ1) is 17.5. The minimum absolute atomic E-state index is 0.0429. The van der Waals surface area contributed by atoms with Gasteiger partial charge in [-0.3, -0.25) is 19.5 Å². The van der Waals surface area contributed by atoms with Gasteiger partial charge < -0.3 is 15.5 Å². The molecule has 0 fully saturated rings. The molecule has 4 rings (SSSR count). The molecule has 0 spiro atoms. The van der Waals surface area contributed by atoms with E-state index in [4.69, 9.17) is 0 Å². The Bertz CT molecular complexity index is 1230. The second kappa shape index (κ2) is 10.2. The topological polar surface area (TPSA) is 94.6 Å². The summed E-state index contributed by atoms with van der Waals surface area (Å²) in [6.45, 7) is 5.57. The van der Waals surface area contributed by atoms with Gasteiger partial charge >= 0.3 is 12.2 Å². The summed E-state index contributed by atoms with van der Waals surface area (Å²) >= 11 is 0. The van der Waals surface area contributed by atoms with E-state index >= 15 is 0 Å². The molecule has 1 aromatic heterocycles. The largest absolute Gasteiger partial charge is 0.416 e. The van der Waals surface area contributed by atoms with Crippen molar-refractivity contribution >= 4 is 17.8 Å². The van der Waals surface area contributed by atoms with Gasteiger partial charge in [0.15, 0.2) is 0 Å². The fourth-order valence-corrected chi connectivity index (χ4v) is 4.90. The van der Waals surface area contributed by atoms with Gasteiger partial charge in [0.1, 0.15) is 6.04 Å². The predicted molar refractivity (Wildman–Crippen MR) is 129 cm³/mol. The Morgan fingerprint density at radius 2 is 1.86 bits per heavy atom. The number of amides is 4. The Kier molecular flexibility index (Phi) is 7.24. The summed E-state index contributed by atoms with van der Waals surface area (Å²) in [6, 6.07) is 7.37. The number of rotatable bonds is 7. The molecule has 0 unspecified atom stereocenters. The van der Waals surface area contributed by atoms with E-state index in [9.17, 15) is 27.6 Å². The van der Waals surface area contributed by atoms with Crippen LogP contribution in [0.15, 0.2) is 59.9 Å². The molecule has 0 saturated heterocycles. The fraction of sp³-hybridized carbons (Fsp3) is 0.385. The maximum atomic E-state index is 13.8. The van der Waals surface area contributed by atoms with Gasteiger partial charge in [0.05, 0.1) is 41.7 Å². The summed E-state index contributed by atoms with van der Waals surface area (Å²) in [4.78, 5) is 46.8. The first-order valence-electron chi connectivity index (χ1n) is 12.0. The Hall–Kier alpha value is -3.89. The molecule has 0 bridgehead atoms. The highest BCUT2D eigenvalue weighted by molar-refractivity contribution is 6.03. The van der Waals surface area contributed by atoms with Crippen LogP contribution in [0.25, 0.3) is 0 Å². The average Bonchev–Trinajstić information content (AvgIpc) is 3.18. The number of carbonyl (C=O) groups is 3. The molecule has 11 heteroatoms. The smallest absolute Gasteiger partial charge is 0.349 e. The zero-order valence-corrected chi connectivity index (χ0v) is 20.7. The first kappa shape index (κ1) is 26.2. The number of hydrogen-bond donors (Lipinski definition) is 2. The van der Waals surface area contributed by atoms with Crippen molar-refractivity contribution < 1.29 is 27.6 Å². The van der Waals surface area contributed by atoms with Gasteiger partial charge in [-0.15, -0.1) is 0 Å². The monoisotopic (exact) mass is 515 g/mol. The third kappa shape index (κ3) is 5.03. The Morgan fingerprint density at radius 3 is 2.49 bits per heavy atom. The van der Waals surface area contributed by atoms with Crippen molar-refractivity contribution in [1.29, 1.82) is 0 Å².